The Hall–Kier alpha value is -0.570. The molecule has 0 spiro atoms. The van der Waals surface area contributed by atoms with E-state index in [-0.39, 0.29) is 16.9 Å². The minimum atomic E-state index is -0.331. The quantitative estimate of drug-likeness (QED) is 0.612. The normalized spacial score (nSPS) is 28.8. The first-order chi connectivity index (χ1) is 8.84. The fourth-order valence-electron chi connectivity index (χ4n) is 3.57. The van der Waals surface area contributed by atoms with Crippen LogP contribution in [0.15, 0.2) is 0 Å². The fourth-order valence-corrected chi connectivity index (χ4v) is 3.57. The summed E-state index contributed by atoms with van der Waals surface area (Å²) in [5.74, 6) is 0.694. The minimum absolute atomic E-state index is 0.0947. The number of rotatable bonds is 5. The van der Waals surface area contributed by atoms with Gasteiger partial charge in [0, 0.05) is 5.54 Å². The molecule has 1 fully saturated rings. The molecule has 0 aromatic rings. The molecule has 0 amide bonds. The lowest BCUT2D eigenvalue weighted by Gasteiger charge is -2.44. The molecule has 0 heterocycles. The van der Waals surface area contributed by atoms with Crippen LogP contribution in [0.4, 0.5) is 0 Å². The summed E-state index contributed by atoms with van der Waals surface area (Å²) < 4.78 is 4.89. The van der Waals surface area contributed by atoms with Crippen molar-refractivity contribution in [1.29, 1.82) is 0 Å². The molecule has 0 saturated heterocycles. The molecule has 0 aliphatic heterocycles. The Morgan fingerprint density at radius 1 is 1.37 bits per heavy atom. The average molecular weight is 269 g/mol. The summed E-state index contributed by atoms with van der Waals surface area (Å²) in [6, 6.07) is 0. The van der Waals surface area contributed by atoms with Gasteiger partial charge in [0.2, 0.25) is 0 Å². The molecule has 3 nitrogen and oxygen atoms in total. The van der Waals surface area contributed by atoms with E-state index in [0.717, 1.165) is 18.8 Å². The van der Waals surface area contributed by atoms with Gasteiger partial charge in [0.05, 0.1) is 13.5 Å². The zero-order valence-corrected chi connectivity index (χ0v) is 13.1. The van der Waals surface area contributed by atoms with Crippen LogP contribution in [0.1, 0.15) is 72.1 Å². The van der Waals surface area contributed by atoms with Crippen LogP contribution in [0.25, 0.3) is 0 Å². The SMILES string of the molecule is CCCC1CCCC(CC(=O)OC)(C(C)(C)N)CC1. The molecule has 112 valence electrons. The van der Waals surface area contributed by atoms with Gasteiger partial charge in [-0.25, -0.2) is 0 Å². The molecular weight excluding hydrogens is 238 g/mol. The maximum Gasteiger partial charge on any atom is 0.306 e. The predicted molar refractivity (Wildman–Crippen MR) is 78.8 cm³/mol. The number of methoxy groups -OCH3 is 1. The van der Waals surface area contributed by atoms with Crippen molar-refractivity contribution >= 4 is 5.97 Å². The second-order valence-electron chi connectivity index (χ2n) is 6.84. The van der Waals surface area contributed by atoms with Gasteiger partial charge < -0.3 is 10.5 Å². The predicted octanol–water partition coefficient (Wildman–Crippen LogP) is 3.65. The molecule has 2 unspecified atom stereocenters. The number of esters is 1. The standard InChI is InChI=1S/C16H31NO2/c1-5-7-13-8-6-10-16(11-9-13,15(2,3)17)12-14(18)19-4/h13H,5-12,17H2,1-4H3. The van der Waals surface area contributed by atoms with Crippen molar-refractivity contribution in [2.75, 3.05) is 7.11 Å². The van der Waals surface area contributed by atoms with Crippen molar-refractivity contribution in [3.63, 3.8) is 0 Å². The topological polar surface area (TPSA) is 52.3 Å². The summed E-state index contributed by atoms with van der Waals surface area (Å²) >= 11 is 0. The molecule has 3 heteroatoms. The van der Waals surface area contributed by atoms with Gasteiger partial charge in [-0.3, -0.25) is 4.79 Å². The van der Waals surface area contributed by atoms with Crippen molar-refractivity contribution in [2.24, 2.45) is 17.1 Å². The second kappa shape index (κ2) is 6.74. The fraction of sp³-hybridized carbons (Fsp3) is 0.938. The Morgan fingerprint density at radius 2 is 2.05 bits per heavy atom. The third-order valence-corrected chi connectivity index (χ3v) is 5.07. The molecule has 1 saturated carbocycles. The van der Waals surface area contributed by atoms with E-state index in [2.05, 4.69) is 20.8 Å². The first kappa shape index (κ1) is 16.5. The highest BCUT2D eigenvalue weighted by molar-refractivity contribution is 5.70. The number of carbonyl (C=O) groups is 1. The van der Waals surface area contributed by atoms with Gasteiger partial charge in [0.15, 0.2) is 0 Å². The smallest absolute Gasteiger partial charge is 0.306 e. The number of carbonyl (C=O) groups excluding carboxylic acids is 1. The molecule has 2 N–H and O–H groups in total. The Labute approximate surface area is 118 Å². The molecule has 1 aliphatic carbocycles. The molecule has 0 aromatic carbocycles. The van der Waals surface area contributed by atoms with Crippen molar-refractivity contribution in [3.8, 4) is 0 Å². The highest BCUT2D eigenvalue weighted by Crippen LogP contribution is 2.47. The Kier molecular flexibility index (Phi) is 5.84. The number of ether oxygens (including phenoxy) is 1. The van der Waals surface area contributed by atoms with Gasteiger partial charge >= 0.3 is 5.97 Å². The molecule has 19 heavy (non-hydrogen) atoms. The van der Waals surface area contributed by atoms with Crippen molar-refractivity contribution < 1.29 is 9.53 Å². The van der Waals surface area contributed by atoms with Crippen LogP contribution in [0.5, 0.6) is 0 Å². The van der Waals surface area contributed by atoms with E-state index in [1.807, 2.05) is 0 Å². The summed E-state index contributed by atoms with van der Waals surface area (Å²) in [5, 5.41) is 0. The number of hydrogen-bond acceptors (Lipinski definition) is 3. The number of hydrogen-bond donors (Lipinski definition) is 1. The van der Waals surface area contributed by atoms with E-state index in [1.165, 1.54) is 39.2 Å². The van der Waals surface area contributed by atoms with Gasteiger partial charge in [0.1, 0.15) is 0 Å². The number of nitrogens with two attached hydrogens (primary N) is 1. The largest absolute Gasteiger partial charge is 0.469 e. The van der Waals surface area contributed by atoms with E-state index in [1.54, 1.807) is 0 Å². The highest BCUT2D eigenvalue weighted by Gasteiger charge is 2.45. The van der Waals surface area contributed by atoms with Gasteiger partial charge in [-0.1, -0.05) is 32.6 Å². The molecule has 1 rings (SSSR count). The van der Waals surface area contributed by atoms with E-state index in [4.69, 9.17) is 10.5 Å². The van der Waals surface area contributed by atoms with Crippen LogP contribution in [-0.2, 0) is 9.53 Å². The maximum atomic E-state index is 11.8. The van der Waals surface area contributed by atoms with E-state index in [0.29, 0.717) is 6.42 Å². The van der Waals surface area contributed by atoms with Crippen LogP contribution in [-0.4, -0.2) is 18.6 Å². The third-order valence-electron chi connectivity index (χ3n) is 5.07. The Balaban J connectivity index is 2.83. The van der Waals surface area contributed by atoms with Gasteiger partial charge in [-0.15, -0.1) is 0 Å². The third kappa shape index (κ3) is 4.20. The van der Waals surface area contributed by atoms with Gasteiger partial charge in [-0.05, 0) is 44.4 Å². The van der Waals surface area contributed by atoms with E-state index in [9.17, 15) is 4.79 Å². The molecule has 2 atom stereocenters. The maximum absolute atomic E-state index is 11.8. The lowest BCUT2D eigenvalue weighted by atomic mass is 9.65. The lowest BCUT2D eigenvalue weighted by molar-refractivity contribution is -0.145. The van der Waals surface area contributed by atoms with Crippen molar-refractivity contribution in [3.05, 3.63) is 0 Å². The summed E-state index contributed by atoms with van der Waals surface area (Å²) in [6.45, 7) is 6.38. The summed E-state index contributed by atoms with van der Waals surface area (Å²) in [4.78, 5) is 11.8. The Morgan fingerprint density at radius 3 is 2.58 bits per heavy atom. The van der Waals surface area contributed by atoms with E-state index >= 15 is 0 Å². The van der Waals surface area contributed by atoms with Crippen LogP contribution in [0, 0.1) is 11.3 Å². The molecule has 0 bridgehead atoms. The summed E-state index contributed by atoms with van der Waals surface area (Å²) in [5.41, 5.74) is 6.00. The van der Waals surface area contributed by atoms with Crippen molar-refractivity contribution in [2.45, 2.75) is 77.7 Å². The highest BCUT2D eigenvalue weighted by atomic mass is 16.5. The van der Waals surface area contributed by atoms with Crippen molar-refractivity contribution in [1.82, 2.24) is 0 Å². The summed E-state index contributed by atoms with van der Waals surface area (Å²) in [7, 11) is 1.47. The average Bonchev–Trinajstić information content (AvgIpc) is 2.53. The van der Waals surface area contributed by atoms with Crippen LogP contribution < -0.4 is 5.73 Å². The first-order valence-electron chi connectivity index (χ1n) is 7.70. The first-order valence-corrected chi connectivity index (χ1v) is 7.70. The molecule has 0 radical (unpaired) electrons. The monoisotopic (exact) mass is 269 g/mol. The van der Waals surface area contributed by atoms with Crippen LogP contribution in [0.2, 0.25) is 0 Å². The zero-order chi connectivity index (χ0) is 14.5. The molecule has 0 aromatic heterocycles. The van der Waals surface area contributed by atoms with Crippen LogP contribution in [0.3, 0.4) is 0 Å². The zero-order valence-electron chi connectivity index (χ0n) is 13.1. The van der Waals surface area contributed by atoms with Crippen LogP contribution >= 0.6 is 0 Å². The minimum Gasteiger partial charge on any atom is -0.469 e. The Bertz CT molecular complexity index is 296. The molecular formula is C16H31NO2. The van der Waals surface area contributed by atoms with Gasteiger partial charge in [-0.2, -0.15) is 0 Å². The lowest BCUT2D eigenvalue weighted by Crippen LogP contribution is -2.51. The summed E-state index contributed by atoms with van der Waals surface area (Å²) in [6.07, 6.45) is 8.79. The second-order valence-corrected chi connectivity index (χ2v) is 6.84. The van der Waals surface area contributed by atoms with Gasteiger partial charge in [0.25, 0.3) is 0 Å². The molecule has 1 aliphatic rings. The van der Waals surface area contributed by atoms with E-state index < -0.39 is 0 Å².